The Kier molecular flexibility index (Phi) is 2.76. The Hall–Kier alpha value is -2.04. The summed E-state index contributed by atoms with van der Waals surface area (Å²) in [6.07, 6.45) is 0.565. The number of benzene rings is 1. The van der Waals surface area contributed by atoms with Gasteiger partial charge in [0.2, 0.25) is 5.91 Å². The lowest BCUT2D eigenvalue weighted by atomic mass is 9.96. The molecule has 3 amide bonds. The second kappa shape index (κ2) is 4.22. The molecule has 0 spiro atoms. The standard InChI is InChI=1S/C11H12N2O3/c12-11(15)13-10(14)8-5-7-3-1-2-4-9(7)16-6-8/h1-4,8H,5-6H2,(H3,12,13,14,15). The predicted molar refractivity (Wildman–Crippen MR) is 56.9 cm³/mol. The van der Waals surface area contributed by atoms with Gasteiger partial charge in [0, 0.05) is 0 Å². The van der Waals surface area contributed by atoms with Crippen molar-refractivity contribution in [2.45, 2.75) is 6.42 Å². The van der Waals surface area contributed by atoms with Crippen molar-refractivity contribution in [3.8, 4) is 5.75 Å². The van der Waals surface area contributed by atoms with Gasteiger partial charge in [-0.25, -0.2) is 4.79 Å². The molecule has 16 heavy (non-hydrogen) atoms. The number of carbonyl (C=O) groups excluding carboxylic acids is 2. The second-order valence-corrected chi connectivity index (χ2v) is 3.67. The Morgan fingerprint density at radius 1 is 1.38 bits per heavy atom. The van der Waals surface area contributed by atoms with Gasteiger partial charge in [0.05, 0.1) is 5.92 Å². The minimum absolute atomic E-state index is 0.274. The molecule has 1 aromatic rings. The van der Waals surface area contributed by atoms with Crippen LogP contribution in [0.4, 0.5) is 4.79 Å². The van der Waals surface area contributed by atoms with Crippen LogP contribution in [-0.4, -0.2) is 18.5 Å². The number of nitrogens with two attached hydrogens (primary N) is 1. The molecule has 0 aliphatic carbocycles. The summed E-state index contributed by atoms with van der Waals surface area (Å²) in [5.41, 5.74) is 5.85. The van der Waals surface area contributed by atoms with E-state index in [1.165, 1.54) is 0 Å². The first kappa shape index (κ1) is 10.5. The fraction of sp³-hybridized carbons (Fsp3) is 0.273. The van der Waals surface area contributed by atoms with Crippen LogP contribution in [0.5, 0.6) is 5.75 Å². The number of urea groups is 1. The Morgan fingerprint density at radius 2 is 2.12 bits per heavy atom. The van der Waals surface area contributed by atoms with E-state index >= 15 is 0 Å². The predicted octanol–water partition coefficient (Wildman–Crippen LogP) is 0.433. The zero-order valence-corrected chi connectivity index (χ0v) is 8.60. The van der Waals surface area contributed by atoms with Gasteiger partial charge in [0.15, 0.2) is 0 Å². The van der Waals surface area contributed by atoms with Crippen LogP contribution in [0.2, 0.25) is 0 Å². The summed E-state index contributed by atoms with van der Waals surface area (Å²) < 4.78 is 5.43. The van der Waals surface area contributed by atoms with Gasteiger partial charge in [-0.05, 0) is 18.1 Å². The average Bonchev–Trinajstić information content (AvgIpc) is 2.27. The maximum absolute atomic E-state index is 11.5. The summed E-state index contributed by atoms with van der Waals surface area (Å²) in [4.78, 5) is 22.1. The lowest BCUT2D eigenvalue weighted by molar-refractivity contribution is -0.125. The van der Waals surface area contributed by atoms with Gasteiger partial charge in [0.25, 0.3) is 0 Å². The van der Waals surface area contributed by atoms with Gasteiger partial charge >= 0.3 is 6.03 Å². The fourth-order valence-electron chi connectivity index (χ4n) is 1.72. The molecule has 0 saturated heterocycles. The Labute approximate surface area is 92.6 Å². The summed E-state index contributed by atoms with van der Waals surface area (Å²) in [5.74, 6) is 0.0510. The molecule has 84 valence electrons. The van der Waals surface area contributed by atoms with E-state index in [0.717, 1.165) is 11.3 Å². The number of hydrogen-bond acceptors (Lipinski definition) is 3. The molecule has 0 radical (unpaired) electrons. The highest BCUT2D eigenvalue weighted by atomic mass is 16.5. The SMILES string of the molecule is NC(=O)NC(=O)C1COc2ccccc2C1. The van der Waals surface area contributed by atoms with Crippen molar-refractivity contribution in [1.29, 1.82) is 0 Å². The van der Waals surface area contributed by atoms with E-state index in [9.17, 15) is 9.59 Å². The monoisotopic (exact) mass is 220 g/mol. The fourth-order valence-corrected chi connectivity index (χ4v) is 1.72. The molecule has 0 bridgehead atoms. The molecule has 0 aromatic heterocycles. The van der Waals surface area contributed by atoms with Crippen molar-refractivity contribution < 1.29 is 14.3 Å². The number of rotatable bonds is 1. The molecule has 1 atom stereocenters. The van der Waals surface area contributed by atoms with Crippen molar-refractivity contribution in [1.82, 2.24) is 5.32 Å². The van der Waals surface area contributed by atoms with Gasteiger partial charge in [-0.15, -0.1) is 0 Å². The zero-order chi connectivity index (χ0) is 11.5. The summed E-state index contributed by atoms with van der Waals surface area (Å²) in [6, 6.07) is 6.69. The normalized spacial score (nSPS) is 18.1. The molecule has 3 N–H and O–H groups in total. The van der Waals surface area contributed by atoms with Crippen LogP contribution in [0.3, 0.4) is 0 Å². The van der Waals surface area contributed by atoms with Crippen LogP contribution < -0.4 is 15.8 Å². The molecule has 0 saturated carbocycles. The highest BCUT2D eigenvalue weighted by Gasteiger charge is 2.26. The maximum Gasteiger partial charge on any atom is 0.318 e. The first-order valence-corrected chi connectivity index (χ1v) is 4.98. The third-order valence-corrected chi connectivity index (χ3v) is 2.50. The van der Waals surface area contributed by atoms with Crippen molar-refractivity contribution in [3.63, 3.8) is 0 Å². The topological polar surface area (TPSA) is 81.4 Å². The lowest BCUT2D eigenvalue weighted by Gasteiger charge is -2.23. The summed E-state index contributed by atoms with van der Waals surface area (Å²) in [6.45, 7) is 0.274. The summed E-state index contributed by atoms with van der Waals surface area (Å²) in [5, 5.41) is 2.06. The Bertz CT molecular complexity index is 431. The highest BCUT2D eigenvalue weighted by Crippen LogP contribution is 2.26. The zero-order valence-electron chi connectivity index (χ0n) is 8.60. The van der Waals surface area contributed by atoms with Crippen molar-refractivity contribution in [2.24, 2.45) is 11.7 Å². The number of imide groups is 1. The molecule has 1 aliphatic rings. The quantitative estimate of drug-likeness (QED) is 0.720. The first-order chi connectivity index (χ1) is 7.66. The van der Waals surface area contributed by atoms with Crippen LogP contribution in [-0.2, 0) is 11.2 Å². The molecule has 5 heteroatoms. The molecular formula is C11H12N2O3. The van der Waals surface area contributed by atoms with E-state index in [-0.39, 0.29) is 18.4 Å². The van der Waals surface area contributed by atoms with Crippen molar-refractivity contribution in [3.05, 3.63) is 29.8 Å². The van der Waals surface area contributed by atoms with Gasteiger partial charge in [-0.2, -0.15) is 0 Å². The van der Waals surface area contributed by atoms with E-state index in [1.54, 1.807) is 0 Å². The molecule has 1 unspecified atom stereocenters. The van der Waals surface area contributed by atoms with E-state index < -0.39 is 6.03 Å². The molecule has 0 fully saturated rings. The Balaban J connectivity index is 2.08. The number of nitrogens with one attached hydrogen (secondary N) is 1. The molecule has 1 aromatic carbocycles. The largest absolute Gasteiger partial charge is 0.492 e. The maximum atomic E-state index is 11.5. The van der Waals surface area contributed by atoms with Gasteiger partial charge < -0.3 is 10.5 Å². The van der Waals surface area contributed by atoms with Crippen LogP contribution in [0, 0.1) is 5.92 Å². The van der Waals surface area contributed by atoms with Crippen molar-refractivity contribution >= 4 is 11.9 Å². The number of ether oxygens (including phenoxy) is 1. The number of hydrogen-bond donors (Lipinski definition) is 2. The van der Waals surface area contributed by atoms with Gasteiger partial charge in [-0.3, -0.25) is 10.1 Å². The number of fused-ring (bicyclic) bond motifs is 1. The summed E-state index contributed by atoms with van der Waals surface area (Å²) >= 11 is 0. The van der Waals surface area contributed by atoms with Gasteiger partial charge in [-0.1, -0.05) is 18.2 Å². The van der Waals surface area contributed by atoms with Crippen LogP contribution in [0.25, 0.3) is 0 Å². The molecular weight excluding hydrogens is 208 g/mol. The van der Waals surface area contributed by atoms with E-state index in [4.69, 9.17) is 10.5 Å². The van der Waals surface area contributed by atoms with Crippen LogP contribution >= 0.6 is 0 Å². The third kappa shape index (κ3) is 2.13. The van der Waals surface area contributed by atoms with Gasteiger partial charge in [0.1, 0.15) is 12.4 Å². The van der Waals surface area contributed by atoms with E-state index in [1.807, 2.05) is 24.3 Å². The second-order valence-electron chi connectivity index (χ2n) is 3.67. The third-order valence-electron chi connectivity index (χ3n) is 2.50. The van der Waals surface area contributed by atoms with Crippen molar-refractivity contribution in [2.75, 3.05) is 6.61 Å². The molecule has 5 nitrogen and oxygen atoms in total. The smallest absolute Gasteiger partial charge is 0.318 e. The number of para-hydroxylation sites is 1. The molecule has 2 rings (SSSR count). The minimum Gasteiger partial charge on any atom is -0.492 e. The van der Waals surface area contributed by atoms with Crippen LogP contribution in [0.1, 0.15) is 5.56 Å². The minimum atomic E-state index is -0.830. The number of amides is 3. The number of primary amides is 1. The average molecular weight is 220 g/mol. The van der Waals surface area contributed by atoms with E-state index in [2.05, 4.69) is 5.32 Å². The Morgan fingerprint density at radius 3 is 2.88 bits per heavy atom. The first-order valence-electron chi connectivity index (χ1n) is 4.98. The summed E-state index contributed by atoms with van der Waals surface area (Å²) in [7, 11) is 0. The lowest BCUT2D eigenvalue weighted by Crippen LogP contribution is -2.42. The highest BCUT2D eigenvalue weighted by molar-refractivity contribution is 5.95. The molecule has 1 heterocycles. The van der Waals surface area contributed by atoms with Crippen LogP contribution in [0.15, 0.2) is 24.3 Å². The molecule has 1 aliphatic heterocycles. The number of carbonyl (C=O) groups is 2. The van der Waals surface area contributed by atoms with E-state index in [0.29, 0.717) is 6.42 Å².